The number of nitriles is 1. The van der Waals surface area contributed by atoms with Gasteiger partial charge in [0.15, 0.2) is 0 Å². The summed E-state index contributed by atoms with van der Waals surface area (Å²) < 4.78 is 0. The van der Waals surface area contributed by atoms with E-state index >= 15 is 0 Å². The molecule has 0 aliphatic carbocycles. The summed E-state index contributed by atoms with van der Waals surface area (Å²) in [5.41, 5.74) is 0.520. The number of nitro benzene ring substituents is 1. The quantitative estimate of drug-likeness (QED) is 0.624. The SMILES string of the molecule is CC(C#N)(Cc1ccc([N+](=O)[O-])cc1)N1CCCCC1. The second-order valence-corrected chi connectivity index (χ2v) is 5.53. The number of non-ortho nitro benzene ring substituents is 1. The van der Waals surface area contributed by atoms with E-state index in [1.165, 1.54) is 18.6 Å². The smallest absolute Gasteiger partial charge is 0.269 e. The van der Waals surface area contributed by atoms with Gasteiger partial charge in [-0.15, -0.1) is 0 Å². The summed E-state index contributed by atoms with van der Waals surface area (Å²) in [4.78, 5) is 12.5. The molecule has 0 amide bonds. The first-order chi connectivity index (χ1) is 9.55. The molecule has 1 heterocycles. The lowest BCUT2D eigenvalue weighted by Gasteiger charge is -2.38. The van der Waals surface area contributed by atoms with Crippen molar-refractivity contribution in [1.29, 1.82) is 5.26 Å². The fourth-order valence-corrected chi connectivity index (χ4v) is 2.74. The van der Waals surface area contributed by atoms with Crippen LogP contribution in [0.5, 0.6) is 0 Å². The summed E-state index contributed by atoms with van der Waals surface area (Å²) in [7, 11) is 0. The van der Waals surface area contributed by atoms with E-state index in [1.807, 2.05) is 6.92 Å². The predicted molar refractivity (Wildman–Crippen MR) is 76.2 cm³/mol. The molecule has 1 aromatic rings. The number of likely N-dealkylation sites (tertiary alicyclic amines) is 1. The van der Waals surface area contributed by atoms with E-state index in [-0.39, 0.29) is 5.69 Å². The Hall–Kier alpha value is -1.93. The highest BCUT2D eigenvalue weighted by atomic mass is 16.6. The Morgan fingerprint density at radius 1 is 1.30 bits per heavy atom. The second kappa shape index (κ2) is 6.02. The van der Waals surface area contributed by atoms with Crippen LogP contribution in [-0.4, -0.2) is 28.5 Å². The normalized spacial score (nSPS) is 19.0. The van der Waals surface area contributed by atoms with Gasteiger partial charge in [0.2, 0.25) is 0 Å². The number of nitrogens with zero attached hydrogens (tertiary/aromatic N) is 3. The van der Waals surface area contributed by atoms with Gasteiger partial charge in [-0.2, -0.15) is 5.26 Å². The van der Waals surface area contributed by atoms with Crippen LogP contribution in [0.4, 0.5) is 5.69 Å². The van der Waals surface area contributed by atoms with E-state index in [2.05, 4.69) is 11.0 Å². The molecule has 106 valence electrons. The van der Waals surface area contributed by atoms with Crippen LogP contribution in [-0.2, 0) is 6.42 Å². The van der Waals surface area contributed by atoms with Gasteiger partial charge in [-0.3, -0.25) is 15.0 Å². The fraction of sp³-hybridized carbons (Fsp3) is 0.533. The van der Waals surface area contributed by atoms with E-state index < -0.39 is 10.5 Å². The third-order valence-corrected chi connectivity index (χ3v) is 3.99. The second-order valence-electron chi connectivity index (χ2n) is 5.53. The van der Waals surface area contributed by atoms with Gasteiger partial charge in [-0.25, -0.2) is 0 Å². The van der Waals surface area contributed by atoms with E-state index in [0.29, 0.717) is 6.42 Å². The topological polar surface area (TPSA) is 70.2 Å². The van der Waals surface area contributed by atoms with Crippen molar-refractivity contribution in [2.45, 2.75) is 38.1 Å². The number of rotatable bonds is 4. The molecular weight excluding hydrogens is 254 g/mol. The molecular formula is C15H19N3O2. The van der Waals surface area contributed by atoms with Gasteiger partial charge in [0.1, 0.15) is 5.54 Å². The average Bonchev–Trinajstić information content (AvgIpc) is 2.48. The average molecular weight is 273 g/mol. The van der Waals surface area contributed by atoms with Crippen LogP contribution in [0.25, 0.3) is 0 Å². The molecule has 0 spiro atoms. The van der Waals surface area contributed by atoms with Crippen LogP contribution < -0.4 is 0 Å². The van der Waals surface area contributed by atoms with Crippen LogP contribution in [0.3, 0.4) is 0 Å². The number of hydrogen-bond acceptors (Lipinski definition) is 4. The van der Waals surface area contributed by atoms with Crippen molar-refractivity contribution in [2.75, 3.05) is 13.1 Å². The Morgan fingerprint density at radius 2 is 1.90 bits per heavy atom. The fourth-order valence-electron chi connectivity index (χ4n) is 2.74. The Kier molecular flexibility index (Phi) is 4.35. The first kappa shape index (κ1) is 14.5. The van der Waals surface area contributed by atoms with Crippen molar-refractivity contribution in [3.63, 3.8) is 0 Å². The highest BCUT2D eigenvalue weighted by Gasteiger charge is 2.32. The van der Waals surface area contributed by atoms with Crippen molar-refractivity contribution in [1.82, 2.24) is 4.90 Å². The van der Waals surface area contributed by atoms with Crippen molar-refractivity contribution in [3.8, 4) is 6.07 Å². The Balaban J connectivity index is 2.12. The zero-order chi connectivity index (χ0) is 14.6. The minimum absolute atomic E-state index is 0.0883. The molecule has 0 radical (unpaired) electrons. The molecule has 1 aliphatic rings. The molecule has 1 atom stereocenters. The van der Waals surface area contributed by atoms with Crippen molar-refractivity contribution >= 4 is 5.69 Å². The van der Waals surface area contributed by atoms with Crippen LogP contribution in [0.1, 0.15) is 31.7 Å². The monoisotopic (exact) mass is 273 g/mol. The molecule has 5 nitrogen and oxygen atoms in total. The molecule has 0 bridgehead atoms. The number of benzene rings is 1. The summed E-state index contributed by atoms with van der Waals surface area (Å²) in [6.07, 6.45) is 4.10. The maximum atomic E-state index is 10.6. The van der Waals surface area contributed by atoms with Crippen LogP contribution in [0.15, 0.2) is 24.3 Å². The Bertz CT molecular complexity index is 515. The molecule has 0 aromatic heterocycles. The van der Waals surface area contributed by atoms with Gasteiger partial charge < -0.3 is 0 Å². The molecule has 1 fully saturated rings. The third-order valence-electron chi connectivity index (χ3n) is 3.99. The molecule has 0 saturated carbocycles. The van der Waals surface area contributed by atoms with Gasteiger partial charge in [0.25, 0.3) is 5.69 Å². The van der Waals surface area contributed by atoms with Crippen LogP contribution in [0.2, 0.25) is 0 Å². The van der Waals surface area contributed by atoms with Crippen LogP contribution in [0, 0.1) is 21.4 Å². The van der Waals surface area contributed by atoms with E-state index in [9.17, 15) is 15.4 Å². The van der Waals surface area contributed by atoms with Gasteiger partial charge >= 0.3 is 0 Å². The standard InChI is InChI=1S/C15H19N3O2/c1-15(12-16,17-9-3-2-4-10-17)11-13-5-7-14(8-6-13)18(19)20/h5-8H,2-4,9-11H2,1H3. The highest BCUT2D eigenvalue weighted by molar-refractivity contribution is 5.34. The summed E-state index contributed by atoms with van der Waals surface area (Å²) in [5.74, 6) is 0. The Labute approximate surface area is 119 Å². The lowest BCUT2D eigenvalue weighted by atomic mass is 9.90. The number of piperidine rings is 1. The lowest BCUT2D eigenvalue weighted by Crippen LogP contribution is -2.49. The molecule has 5 heteroatoms. The largest absolute Gasteiger partial charge is 0.285 e. The molecule has 0 N–H and O–H groups in total. The molecule has 1 saturated heterocycles. The zero-order valence-corrected chi connectivity index (χ0v) is 11.7. The van der Waals surface area contributed by atoms with E-state index in [0.717, 1.165) is 31.5 Å². The molecule has 1 aromatic carbocycles. The lowest BCUT2D eigenvalue weighted by molar-refractivity contribution is -0.384. The summed E-state index contributed by atoms with van der Waals surface area (Å²) >= 11 is 0. The number of hydrogen-bond donors (Lipinski definition) is 0. The maximum absolute atomic E-state index is 10.6. The minimum atomic E-state index is -0.531. The molecule has 20 heavy (non-hydrogen) atoms. The highest BCUT2D eigenvalue weighted by Crippen LogP contribution is 2.25. The van der Waals surface area contributed by atoms with Crippen LogP contribution >= 0.6 is 0 Å². The minimum Gasteiger partial charge on any atom is -0.285 e. The Morgan fingerprint density at radius 3 is 2.40 bits per heavy atom. The molecule has 1 aliphatic heterocycles. The summed E-state index contributed by atoms with van der Waals surface area (Å²) in [5, 5.41) is 20.2. The zero-order valence-electron chi connectivity index (χ0n) is 11.7. The van der Waals surface area contributed by atoms with Gasteiger partial charge in [0, 0.05) is 18.6 Å². The van der Waals surface area contributed by atoms with Crippen molar-refractivity contribution < 1.29 is 4.92 Å². The van der Waals surface area contributed by atoms with Gasteiger partial charge in [-0.1, -0.05) is 18.6 Å². The predicted octanol–water partition coefficient (Wildman–Crippen LogP) is 2.91. The van der Waals surface area contributed by atoms with E-state index in [4.69, 9.17) is 0 Å². The summed E-state index contributed by atoms with van der Waals surface area (Å²) in [6, 6.07) is 8.93. The van der Waals surface area contributed by atoms with Crippen molar-refractivity contribution in [2.24, 2.45) is 0 Å². The molecule has 2 rings (SSSR count). The summed E-state index contributed by atoms with van der Waals surface area (Å²) in [6.45, 7) is 3.87. The molecule has 1 unspecified atom stereocenters. The van der Waals surface area contributed by atoms with Crippen molar-refractivity contribution in [3.05, 3.63) is 39.9 Å². The van der Waals surface area contributed by atoms with Gasteiger partial charge in [-0.05, 0) is 38.4 Å². The van der Waals surface area contributed by atoms with E-state index in [1.54, 1.807) is 12.1 Å². The maximum Gasteiger partial charge on any atom is 0.269 e. The first-order valence-electron chi connectivity index (χ1n) is 6.95. The van der Waals surface area contributed by atoms with Gasteiger partial charge in [0.05, 0.1) is 11.0 Å². The third kappa shape index (κ3) is 3.14. The first-order valence-corrected chi connectivity index (χ1v) is 6.95. The number of nitro groups is 1.